The molecule has 2 atom stereocenters. The van der Waals surface area contributed by atoms with Gasteiger partial charge in [0.05, 0.1) is 6.10 Å². The van der Waals surface area contributed by atoms with E-state index >= 15 is 0 Å². The fourth-order valence-corrected chi connectivity index (χ4v) is 4.22. The van der Waals surface area contributed by atoms with Crippen LogP contribution in [0.1, 0.15) is 49.4 Å². The first-order chi connectivity index (χ1) is 8.93. The van der Waals surface area contributed by atoms with E-state index in [0.717, 1.165) is 19.1 Å². The molecule has 3 heteroatoms. The molecule has 0 amide bonds. The lowest BCUT2D eigenvalue weighted by atomic mass is 9.96. The molecule has 1 saturated carbocycles. The highest BCUT2D eigenvalue weighted by Crippen LogP contribution is 2.37. The Balaban J connectivity index is 1.61. The quantitative estimate of drug-likeness (QED) is 0.875. The molecule has 18 heavy (non-hydrogen) atoms. The lowest BCUT2D eigenvalue weighted by Gasteiger charge is -2.25. The van der Waals surface area contributed by atoms with Gasteiger partial charge in [0.15, 0.2) is 0 Å². The lowest BCUT2D eigenvalue weighted by Crippen LogP contribution is -2.33. The molecule has 1 aliphatic carbocycles. The van der Waals surface area contributed by atoms with Gasteiger partial charge in [-0.25, -0.2) is 0 Å². The van der Waals surface area contributed by atoms with E-state index in [1.165, 1.54) is 43.4 Å². The van der Waals surface area contributed by atoms with Crippen LogP contribution >= 0.6 is 11.3 Å². The Labute approximate surface area is 114 Å². The monoisotopic (exact) mass is 265 g/mol. The molecular formula is C15H23NOS. The van der Waals surface area contributed by atoms with Crippen molar-refractivity contribution in [1.29, 1.82) is 0 Å². The predicted molar refractivity (Wildman–Crippen MR) is 76.0 cm³/mol. The van der Waals surface area contributed by atoms with E-state index in [0.29, 0.717) is 12.1 Å². The Hall–Kier alpha value is -0.380. The molecule has 1 saturated heterocycles. The number of hydrogen-bond acceptors (Lipinski definition) is 3. The molecular weight excluding hydrogens is 242 g/mol. The number of thiophene rings is 1. The number of hydrogen-bond donors (Lipinski definition) is 1. The van der Waals surface area contributed by atoms with Gasteiger partial charge in [0, 0.05) is 24.1 Å². The molecule has 0 radical (unpaired) electrons. The smallest absolute Gasteiger partial charge is 0.0700 e. The molecule has 2 heterocycles. The minimum atomic E-state index is 0.453. The molecule has 2 nitrogen and oxygen atoms in total. The SMILES string of the molecule is c1csc(C(NCC2CCCO2)C2CCCC2)c1. The van der Waals surface area contributed by atoms with Crippen LogP contribution in [0.2, 0.25) is 0 Å². The molecule has 2 fully saturated rings. The van der Waals surface area contributed by atoms with E-state index in [1.807, 2.05) is 11.3 Å². The standard InChI is InChI=1S/C15H23NOS/c1-2-6-12(5-1)15(14-8-4-10-18-14)16-11-13-7-3-9-17-13/h4,8,10,12-13,15-16H,1-3,5-7,9,11H2. The molecule has 2 aliphatic rings. The van der Waals surface area contributed by atoms with Crippen molar-refractivity contribution >= 4 is 11.3 Å². The first kappa shape index (κ1) is 12.6. The van der Waals surface area contributed by atoms with Crippen molar-refractivity contribution in [3.05, 3.63) is 22.4 Å². The third-order valence-corrected chi connectivity index (χ3v) is 5.27. The Morgan fingerprint density at radius 2 is 2.17 bits per heavy atom. The first-order valence-electron chi connectivity index (χ1n) is 7.32. The molecule has 100 valence electrons. The van der Waals surface area contributed by atoms with Crippen LogP contribution < -0.4 is 5.32 Å². The second-order valence-electron chi connectivity index (χ2n) is 5.58. The van der Waals surface area contributed by atoms with Gasteiger partial charge in [-0.15, -0.1) is 11.3 Å². The van der Waals surface area contributed by atoms with E-state index in [9.17, 15) is 0 Å². The maximum absolute atomic E-state index is 5.72. The van der Waals surface area contributed by atoms with Crippen molar-refractivity contribution in [2.24, 2.45) is 5.92 Å². The number of nitrogens with one attached hydrogen (secondary N) is 1. The number of ether oxygens (including phenoxy) is 1. The maximum atomic E-state index is 5.72. The van der Waals surface area contributed by atoms with Gasteiger partial charge in [-0.1, -0.05) is 18.9 Å². The van der Waals surface area contributed by atoms with Crippen molar-refractivity contribution in [2.75, 3.05) is 13.2 Å². The van der Waals surface area contributed by atoms with Crippen LogP contribution in [-0.4, -0.2) is 19.3 Å². The van der Waals surface area contributed by atoms with Crippen LogP contribution in [0, 0.1) is 5.92 Å². The van der Waals surface area contributed by atoms with Gasteiger partial charge in [-0.3, -0.25) is 0 Å². The summed E-state index contributed by atoms with van der Waals surface area (Å²) < 4.78 is 5.72. The topological polar surface area (TPSA) is 21.3 Å². The van der Waals surface area contributed by atoms with Crippen molar-refractivity contribution in [2.45, 2.75) is 50.7 Å². The van der Waals surface area contributed by atoms with E-state index in [1.54, 1.807) is 0 Å². The summed E-state index contributed by atoms with van der Waals surface area (Å²) in [5.41, 5.74) is 0. The minimum Gasteiger partial charge on any atom is -0.377 e. The molecule has 0 aromatic carbocycles. The summed E-state index contributed by atoms with van der Waals surface area (Å²) in [5.74, 6) is 0.838. The van der Waals surface area contributed by atoms with Gasteiger partial charge in [-0.05, 0) is 43.0 Å². The molecule has 1 N–H and O–H groups in total. The largest absolute Gasteiger partial charge is 0.377 e. The molecule has 1 aromatic heterocycles. The second kappa shape index (κ2) is 6.18. The molecule has 1 aromatic rings. The van der Waals surface area contributed by atoms with Crippen molar-refractivity contribution in [1.82, 2.24) is 5.32 Å². The van der Waals surface area contributed by atoms with Crippen LogP contribution in [0.5, 0.6) is 0 Å². The summed E-state index contributed by atoms with van der Waals surface area (Å²) in [6.45, 7) is 1.98. The van der Waals surface area contributed by atoms with Crippen LogP contribution in [0.4, 0.5) is 0 Å². The molecule has 1 aliphatic heterocycles. The van der Waals surface area contributed by atoms with Gasteiger partial charge in [0.2, 0.25) is 0 Å². The third-order valence-electron chi connectivity index (χ3n) is 4.31. The van der Waals surface area contributed by atoms with E-state index in [-0.39, 0.29) is 0 Å². The van der Waals surface area contributed by atoms with E-state index < -0.39 is 0 Å². The van der Waals surface area contributed by atoms with E-state index in [4.69, 9.17) is 4.74 Å². The second-order valence-corrected chi connectivity index (χ2v) is 6.56. The predicted octanol–water partition coefficient (Wildman–Crippen LogP) is 3.75. The Bertz CT molecular complexity index is 339. The highest BCUT2D eigenvalue weighted by atomic mass is 32.1. The molecule has 0 spiro atoms. The van der Waals surface area contributed by atoms with Gasteiger partial charge >= 0.3 is 0 Å². The summed E-state index contributed by atoms with van der Waals surface area (Å²) in [6.07, 6.45) is 8.52. The zero-order chi connectivity index (χ0) is 12.2. The first-order valence-corrected chi connectivity index (χ1v) is 8.20. The fraction of sp³-hybridized carbons (Fsp3) is 0.733. The Morgan fingerprint density at radius 1 is 1.28 bits per heavy atom. The van der Waals surface area contributed by atoms with E-state index in [2.05, 4.69) is 22.8 Å². The van der Waals surface area contributed by atoms with Crippen LogP contribution in [-0.2, 0) is 4.74 Å². The van der Waals surface area contributed by atoms with Crippen LogP contribution in [0.3, 0.4) is 0 Å². The highest BCUT2D eigenvalue weighted by molar-refractivity contribution is 7.10. The molecule has 3 rings (SSSR count). The summed E-state index contributed by atoms with van der Waals surface area (Å²) in [5, 5.41) is 5.99. The third kappa shape index (κ3) is 2.95. The van der Waals surface area contributed by atoms with Crippen molar-refractivity contribution in [3.8, 4) is 0 Å². The zero-order valence-corrected chi connectivity index (χ0v) is 11.8. The van der Waals surface area contributed by atoms with Gasteiger partial charge < -0.3 is 10.1 Å². The van der Waals surface area contributed by atoms with Gasteiger partial charge in [0.1, 0.15) is 0 Å². The zero-order valence-electron chi connectivity index (χ0n) is 10.9. The normalized spacial score (nSPS) is 26.8. The summed E-state index contributed by atoms with van der Waals surface area (Å²) in [7, 11) is 0. The Kier molecular flexibility index (Phi) is 4.34. The summed E-state index contributed by atoms with van der Waals surface area (Å²) in [6, 6.07) is 5.03. The fourth-order valence-electron chi connectivity index (χ4n) is 3.32. The van der Waals surface area contributed by atoms with Crippen molar-refractivity contribution in [3.63, 3.8) is 0 Å². The maximum Gasteiger partial charge on any atom is 0.0700 e. The minimum absolute atomic E-state index is 0.453. The number of rotatable bonds is 5. The summed E-state index contributed by atoms with van der Waals surface area (Å²) >= 11 is 1.90. The Morgan fingerprint density at radius 3 is 2.83 bits per heavy atom. The molecule has 2 unspecified atom stereocenters. The highest BCUT2D eigenvalue weighted by Gasteiger charge is 2.27. The average molecular weight is 265 g/mol. The average Bonchev–Trinajstić information content (AvgIpc) is 3.14. The van der Waals surface area contributed by atoms with Gasteiger partial charge in [-0.2, -0.15) is 0 Å². The van der Waals surface area contributed by atoms with Crippen LogP contribution in [0.25, 0.3) is 0 Å². The molecule has 0 bridgehead atoms. The summed E-state index contributed by atoms with van der Waals surface area (Å²) in [4.78, 5) is 1.51. The van der Waals surface area contributed by atoms with Crippen LogP contribution in [0.15, 0.2) is 17.5 Å². The van der Waals surface area contributed by atoms with Gasteiger partial charge in [0.25, 0.3) is 0 Å². The van der Waals surface area contributed by atoms with Crippen molar-refractivity contribution < 1.29 is 4.74 Å². The lowest BCUT2D eigenvalue weighted by molar-refractivity contribution is 0.105.